The molecular formula is C9H19ClN2O. The van der Waals surface area contributed by atoms with Crippen molar-refractivity contribution >= 4 is 18.3 Å². The lowest BCUT2D eigenvalue weighted by Crippen LogP contribution is -2.32. The van der Waals surface area contributed by atoms with Gasteiger partial charge in [0.2, 0.25) is 5.91 Å². The number of rotatable bonds is 2. The van der Waals surface area contributed by atoms with E-state index in [-0.39, 0.29) is 24.2 Å². The van der Waals surface area contributed by atoms with Crippen LogP contribution in [0.15, 0.2) is 0 Å². The first-order valence-corrected chi connectivity index (χ1v) is 4.69. The van der Waals surface area contributed by atoms with Gasteiger partial charge in [0.05, 0.1) is 0 Å². The highest BCUT2D eigenvalue weighted by molar-refractivity contribution is 5.85. The Hall–Kier alpha value is -0.280. The second-order valence-corrected chi connectivity index (χ2v) is 3.57. The second-order valence-electron chi connectivity index (χ2n) is 3.57. The average molecular weight is 207 g/mol. The SMILES string of the molecule is CNC(=O)C1CCC(CN)CC1.Cl. The molecule has 0 bridgehead atoms. The van der Waals surface area contributed by atoms with Gasteiger partial charge in [-0.25, -0.2) is 0 Å². The van der Waals surface area contributed by atoms with Gasteiger partial charge in [-0.05, 0) is 38.1 Å². The molecule has 13 heavy (non-hydrogen) atoms. The van der Waals surface area contributed by atoms with E-state index in [4.69, 9.17) is 5.73 Å². The van der Waals surface area contributed by atoms with Crippen molar-refractivity contribution in [3.8, 4) is 0 Å². The summed E-state index contributed by atoms with van der Waals surface area (Å²) in [7, 11) is 1.71. The zero-order chi connectivity index (χ0) is 8.97. The molecule has 1 fully saturated rings. The fourth-order valence-corrected chi connectivity index (χ4v) is 1.86. The topological polar surface area (TPSA) is 55.1 Å². The van der Waals surface area contributed by atoms with E-state index >= 15 is 0 Å². The van der Waals surface area contributed by atoms with Gasteiger partial charge in [0.15, 0.2) is 0 Å². The molecule has 78 valence electrons. The summed E-state index contributed by atoms with van der Waals surface area (Å²) in [6, 6.07) is 0. The smallest absolute Gasteiger partial charge is 0.222 e. The molecule has 0 atom stereocenters. The fraction of sp³-hybridized carbons (Fsp3) is 0.889. The van der Waals surface area contributed by atoms with E-state index in [0.29, 0.717) is 5.92 Å². The maximum Gasteiger partial charge on any atom is 0.222 e. The van der Waals surface area contributed by atoms with Gasteiger partial charge in [0, 0.05) is 13.0 Å². The third-order valence-electron chi connectivity index (χ3n) is 2.80. The van der Waals surface area contributed by atoms with Crippen LogP contribution < -0.4 is 11.1 Å². The number of nitrogens with two attached hydrogens (primary N) is 1. The van der Waals surface area contributed by atoms with Crippen LogP contribution in [0, 0.1) is 11.8 Å². The summed E-state index contributed by atoms with van der Waals surface area (Å²) in [4.78, 5) is 11.2. The molecule has 3 N–H and O–H groups in total. The van der Waals surface area contributed by atoms with Crippen molar-refractivity contribution in [1.29, 1.82) is 0 Å². The van der Waals surface area contributed by atoms with E-state index in [1.807, 2.05) is 0 Å². The van der Waals surface area contributed by atoms with E-state index in [9.17, 15) is 4.79 Å². The molecule has 0 aromatic rings. The molecule has 0 spiro atoms. The summed E-state index contributed by atoms with van der Waals surface area (Å²) in [6.07, 6.45) is 4.27. The normalized spacial score (nSPS) is 27.5. The Morgan fingerprint density at radius 3 is 2.31 bits per heavy atom. The number of halogens is 1. The molecule has 1 aliphatic carbocycles. The molecule has 1 rings (SSSR count). The Bertz CT molecular complexity index is 156. The summed E-state index contributed by atoms with van der Waals surface area (Å²) < 4.78 is 0. The molecule has 0 saturated heterocycles. The molecule has 4 heteroatoms. The van der Waals surface area contributed by atoms with E-state index in [1.165, 1.54) is 0 Å². The maximum atomic E-state index is 11.2. The monoisotopic (exact) mass is 206 g/mol. The lowest BCUT2D eigenvalue weighted by Gasteiger charge is -2.26. The van der Waals surface area contributed by atoms with Crippen molar-refractivity contribution in [3.63, 3.8) is 0 Å². The molecule has 0 aromatic carbocycles. The summed E-state index contributed by atoms with van der Waals surface area (Å²) in [5.41, 5.74) is 5.56. The van der Waals surface area contributed by atoms with Gasteiger partial charge < -0.3 is 11.1 Å². The maximum absolute atomic E-state index is 11.2. The number of hydrogen-bond acceptors (Lipinski definition) is 2. The second kappa shape index (κ2) is 6.22. The standard InChI is InChI=1S/C9H18N2O.ClH/c1-11-9(12)8-4-2-7(6-10)3-5-8;/h7-8H,2-6,10H2,1H3,(H,11,12);1H. The molecule has 0 heterocycles. The van der Waals surface area contributed by atoms with Gasteiger partial charge in [-0.15, -0.1) is 12.4 Å². The van der Waals surface area contributed by atoms with Crippen LogP contribution >= 0.6 is 12.4 Å². The predicted molar refractivity (Wildman–Crippen MR) is 55.8 cm³/mol. The third kappa shape index (κ3) is 3.53. The molecule has 0 aliphatic heterocycles. The summed E-state index contributed by atoms with van der Waals surface area (Å²) in [5, 5.41) is 2.70. The Kier molecular flexibility index (Phi) is 6.08. The number of carbonyl (C=O) groups is 1. The number of hydrogen-bond donors (Lipinski definition) is 2. The van der Waals surface area contributed by atoms with E-state index < -0.39 is 0 Å². The largest absolute Gasteiger partial charge is 0.359 e. The predicted octanol–water partition coefficient (Wildman–Crippen LogP) is 0.919. The van der Waals surface area contributed by atoms with Crippen LogP contribution in [0.1, 0.15) is 25.7 Å². The lowest BCUT2D eigenvalue weighted by molar-refractivity contribution is -0.125. The minimum atomic E-state index is 0. The minimum Gasteiger partial charge on any atom is -0.359 e. The summed E-state index contributed by atoms with van der Waals surface area (Å²) >= 11 is 0. The van der Waals surface area contributed by atoms with Crippen LogP contribution in [-0.2, 0) is 4.79 Å². The Morgan fingerprint density at radius 2 is 1.92 bits per heavy atom. The van der Waals surface area contributed by atoms with Crippen molar-refractivity contribution in [2.75, 3.05) is 13.6 Å². The van der Waals surface area contributed by atoms with Crippen molar-refractivity contribution < 1.29 is 4.79 Å². The van der Waals surface area contributed by atoms with Crippen LogP contribution in [0.2, 0.25) is 0 Å². The summed E-state index contributed by atoms with van der Waals surface area (Å²) in [5.74, 6) is 1.11. The van der Waals surface area contributed by atoms with Crippen molar-refractivity contribution in [2.24, 2.45) is 17.6 Å². The molecule has 0 radical (unpaired) electrons. The van der Waals surface area contributed by atoms with E-state index in [1.54, 1.807) is 7.05 Å². The van der Waals surface area contributed by atoms with Gasteiger partial charge in [0.25, 0.3) is 0 Å². The highest BCUT2D eigenvalue weighted by atomic mass is 35.5. The van der Waals surface area contributed by atoms with Gasteiger partial charge in [-0.1, -0.05) is 0 Å². The Balaban J connectivity index is 0.00000144. The first kappa shape index (κ1) is 12.7. The van der Waals surface area contributed by atoms with Crippen LogP contribution in [0.4, 0.5) is 0 Å². The highest BCUT2D eigenvalue weighted by Gasteiger charge is 2.24. The van der Waals surface area contributed by atoms with Crippen molar-refractivity contribution in [1.82, 2.24) is 5.32 Å². The Morgan fingerprint density at radius 1 is 1.38 bits per heavy atom. The quantitative estimate of drug-likeness (QED) is 0.706. The van der Waals surface area contributed by atoms with Crippen LogP contribution in [-0.4, -0.2) is 19.5 Å². The van der Waals surface area contributed by atoms with Gasteiger partial charge in [-0.2, -0.15) is 0 Å². The van der Waals surface area contributed by atoms with Gasteiger partial charge in [0.1, 0.15) is 0 Å². The lowest BCUT2D eigenvalue weighted by atomic mass is 9.82. The van der Waals surface area contributed by atoms with E-state index in [0.717, 1.165) is 32.2 Å². The van der Waals surface area contributed by atoms with E-state index in [2.05, 4.69) is 5.32 Å². The minimum absolute atomic E-state index is 0. The third-order valence-corrected chi connectivity index (χ3v) is 2.80. The van der Waals surface area contributed by atoms with Crippen LogP contribution in [0.3, 0.4) is 0 Å². The van der Waals surface area contributed by atoms with Gasteiger partial charge >= 0.3 is 0 Å². The van der Waals surface area contributed by atoms with Crippen LogP contribution in [0.25, 0.3) is 0 Å². The molecule has 1 aliphatic rings. The number of carbonyl (C=O) groups excluding carboxylic acids is 1. The summed E-state index contributed by atoms with van der Waals surface area (Å²) in [6.45, 7) is 0.778. The number of nitrogens with one attached hydrogen (secondary N) is 1. The first-order chi connectivity index (χ1) is 5.77. The number of amides is 1. The fourth-order valence-electron chi connectivity index (χ4n) is 1.86. The molecule has 0 aromatic heterocycles. The Labute approximate surface area is 85.9 Å². The van der Waals surface area contributed by atoms with Crippen molar-refractivity contribution in [2.45, 2.75) is 25.7 Å². The van der Waals surface area contributed by atoms with Crippen molar-refractivity contribution in [3.05, 3.63) is 0 Å². The molecular weight excluding hydrogens is 188 g/mol. The molecule has 0 unspecified atom stereocenters. The average Bonchev–Trinajstić information content (AvgIpc) is 2.17. The highest BCUT2D eigenvalue weighted by Crippen LogP contribution is 2.27. The zero-order valence-corrected chi connectivity index (χ0v) is 8.90. The first-order valence-electron chi connectivity index (χ1n) is 4.69. The van der Waals surface area contributed by atoms with Crippen LogP contribution in [0.5, 0.6) is 0 Å². The molecule has 1 amide bonds. The zero-order valence-electron chi connectivity index (χ0n) is 8.08. The molecule has 3 nitrogen and oxygen atoms in total. The van der Waals surface area contributed by atoms with Gasteiger partial charge in [-0.3, -0.25) is 4.79 Å². The molecule has 1 saturated carbocycles.